The molecule has 5 heteroatoms. The largest absolute Gasteiger partial charge is 0.355 e. The molecule has 0 saturated carbocycles. The van der Waals surface area contributed by atoms with Crippen LogP contribution in [0.15, 0.2) is 12.1 Å². The molecule has 2 rings (SSSR count). The van der Waals surface area contributed by atoms with Crippen molar-refractivity contribution in [2.24, 2.45) is 0 Å². The van der Waals surface area contributed by atoms with Crippen molar-refractivity contribution in [1.82, 2.24) is 10.6 Å². The van der Waals surface area contributed by atoms with E-state index in [1.807, 2.05) is 6.07 Å². The lowest BCUT2D eigenvalue weighted by Gasteiger charge is -2.23. The molecule has 1 aromatic rings. The molecule has 0 unspecified atom stereocenters. The summed E-state index contributed by atoms with van der Waals surface area (Å²) in [5.41, 5.74) is 1.89. The lowest BCUT2D eigenvalue weighted by atomic mass is 9.88. The van der Waals surface area contributed by atoms with E-state index >= 15 is 0 Å². The molecular weight excluding hydrogens is 267 g/mol. The van der Waals surface area contributed by atoms with Gasteiger partial charge in [-0.25, -0.2) is 4.39 Å². The van der Waals surface area contributed by atoms with Crippen LogP contribution in [0.5, 0.6) is 0 Å². The molecule has 1 saturated heterocycles. The monoisotopic (exact) mass is 286 g/mol. The normalized spacial score (nSPS) is 15.7. The predicted octanol–water partition coefficient (Wildman–Crippen LogP) is 2.38. The van der Waals surface area contributed by atoms with Crippen LogP contribution < -0.4 is 10.6 Å². The van der Waals surface area contributed by atoms with Gasteiger partial charge in [-0.3, -0.25) is 4.79 Å². The molecule has 0 radical (unpaired) electrons. The Morgan fingerprint density at radius 1 is 1.37 bits per heavy atom. The summed E-state index contributed by atoms with van der Waals surface area (Å²) in [6.45, 7) is 3.74. The highest BCUT2D eigenvalue weighted by molar-refractivity contribution is 5.95. The van der Waals surface area contributed by atoms with Crippen LogP contribution in [0.4, 0.5) is 4.39 Å². The van der Waals surface area contributed by atoms with Gasteiger partial charge in [0, 0.05) is 7.05 Å². The molecule has 0 spiro atoms. The minimum atomic E-state index is -0.414. The molecule has 19 heavy (non-hydrogen) atoms. The lowest BCUT2D eigenvalue weighted by molar-refractivity contribution is 0.0958. The van der Waals surface area contributed by atoms with Gasteiger partial charge in [0.15, 0.2) is 0 Å². The summed E-state index contributed by atoms with van der Waals surface area (Å²) >= 11 is 0. The fraction of sp³-hybridized carbons (Fsp3) is 0.500. The molecule has 0 aliphatic carbocycles. The van der Waals surface area contributed by atoms with Crippen LogP contribution in [0.25, 0.3) is 0 Å². The van der Waals surface area contributed by atoms with Gasteiger partial charge in [0.25, 0.3) is 5.91 Å². The van der Waals surface area contributed by atoms with E-state index < -0.39 is 5.82 Å². The summed E-state index contributed by atoms with van der Waals surface area (Å²) in [6.07, 6.45) is 2.05. The maximum Gasteiger partial charge on any atom is 0.254 e. The third-order valence-corrected chi connectivity index (χ3v) is 3.57. The second-order valence-electron chi connectivity index (χ2n) is 4.80. The van der Waals surface area contributed by atoms with E-state index in [1.165, 1.54) is 13.1 Å². The minimum Gasteiger partial charge on any atom is -0.355 e. The first-order valence-corrected chi connectivity index (χ1v) is 6.36. The number of carbonyl (C=O) groups is 1. The number of nitrogens with one attached hydrogen (secondary N) is 2. The second-order valence-corrected chi connectivity index (χ2v) is 4.80. The number of piperidine rings is 1. The fourth-order valence-corrected chi connectivity index (χ4v) is 2.57. The summed E-state index contributed by atoms with van der Waals surface area (Å²) in [5, 5.41) is 5.77. The van der Waals surface area contributed by atoms with Gasteiger partial charge in [-0.05, 0) is 56.0 Å². The number of amides is 1. The van der Waals surface area contributed by atoms with Gasteiger partial charge in [0.1, 0.15) is 5.82 Å². The topological polar surface area (TPSA) is 41.1 Å². The number of halogens is 2. The second kappa shape index (κ2) is 6.87. The van der Waals surface area contributed by atoms with Crippen molar-refractivity contribution < 1.29 is 9.18 Å². The van der Waals surface area contributed by atoms with Gasteiger partial charge >= 0.3 is 0 Å². The maximum atomic E-state index is 14.0. The molecule has 1 fully saturated rings. The summed E-state index contributed by atoms with van der Waals surface area (Å²) in [7, 11) is 1.52. The zero-order valence-electron chi connectivity index (χ0n) is 11.3. The minimum absolute atomic E-state index is 0. The Morgan fingerprint density at radius 2 is 2.00 bits per heavy atom. The van der Waals surface area contributed by atoms with Gasteiger partial charge in [0.2, 0.25) is 0 Å². The fourth-order valence-electron chi connectivity index (χ4n) is 2.57. The van der Waals surface area contributed by atoms with Crippen LogP contribution in [0, 0.1) is 12.7 Å². The van der Waals surface area contributed by atoms with Gasteiger partial charge < -0.3 is 10.6 Å². The van der Waals surface area contributed by atoms with Gasteiger partial charge in [0.05, 0.1) is 5.56 Å². The summed E-state index contributed by atoms with van der Waals surface area (Å²) in [4.78, 5) is 11.6. The molecule has 1 aromatic carbocycles. The first kappa shape index (κ1) is 15.9. The van der Waals surface area contributed by atoms with Crippen LogP contribution in [-0.4, -0.2) is 26.0 Å². The Hall–Kier alpha value is -1.13. The van der Waals surface area contributed by atoms with E-state index in [2.05, 4.69) is 10.6 Å². The molecule has 0 aromatic heterocycles. The smallest absolute Gasteiger partial charge is 0.254 e. The maximum absolute atomic E-state index is 14.0. The number of hydrogen-bond acceptors (Lipinski definition) is 2. The molecule has 0 atom stereocenters. The Morgan fingerprint density at radius 3 is 2.53 bits per heavy atom. The zero-order valence-corrected chi connectivity index (χ0v) is 12.1. The molecule has 1 aliphatic heterocycles. The molecule has 2 N–H and O–H groups in total. The van der Waals surface area contributed by atoms with Crippen LogP contribution >= 0.6 is 12.4 Å². The van der Waals surface area contributed by atoms with E-state index in [-0.39, 0.29) is 23.9 Å². The zero-order chi connectivity index (χ0) is 13.1. The number of benzene rings is 1. The Bertz CT molecular complexity index is 436. The number of hydrogen-bond donors (Lipinski definition) is 2. The number of aryl methyl sites for hydroxylation is 1. The lowest BCUT2D eigenvalue weighted by Crippen LogP contribution is -2.27. The van der Waals surface area contributed by atoms with Crippen molar-refractivity contribution in [2.45, 2.75) is 25.7 Å². The molecular formula is C14H20ClFN2O. The van der Waals surface area contributed by atoms with Crippen molar-refractivity contribution in [2.75, 3.05) is 20.1 Å². The molecule has 3 nitrogen and oxygen atoms in total. The highest BCUT2D eigenvalue weighted by Gasteiger charge is 2.20. The molecule has 1 amide bonds. The van der Waals surface area contributed by atoms with Crippen molar-refractivity contribution in [3.05, 3.63) is 34.6 Å². The first-order chi connectivity index (χ1) is 8.63. The van der Waals surface area contributed by atoms with Crippen LogP contribution in [-0.2, 0) is 0 Å². The number of rotatable bonds is 2. The van der Waals surface area contributed by atoms with Crippen molar-refractivity contribution in [3.8, 4) is 0 Å². The summed E-state index contributed by atoms with van der Waals surface area (Å²) < 4.78 is 14.0. The average molecular weight is 287 g/mol. The van der Waals surface area contributed by atoms with E-state index in [9.17, 15) is 9.18 Å². The van der Waals surface area contributed by atoms with E-state index in [0.717, 1.165) is 31.5 Å². The van der Waals surface area contributed by atoms with Gasteiger partial charge in [-0.2, -0.15) is 0 Å². The predicted molar refractivity (Wildman–Crippen MR) is 76.6 cm³/mol. The van der Waals surface area contributed by atoms with Gasteiger partial charge in [-0.15, -0.1) is 12.4 Å². The Kier molecular flexibility index (Phi) is 5.76. The van der Waals surface area contributed by atoms with Crippen LogP contribution in [0.1, 0.15) is 40.2 Å². The standard InChI is InChI=1S/C14H19FN2O.ClH/c1-9-7-11(10-3-5-17-6-4-10)8-12(15)13(9)14(18)16-2;/h7-8,10,17H,3-6H2,1-2H3,(H,16,18);1H. The van der Waals surface area contributed by atoms with Crippen LogP contribution in [0.3, 0.4) is 0 Å². The summed E-state index contributed by atoms with van der Waals surface area (Å²) in [6, 6.07) is 3.47. The van der Waals surface area contributed by atoms with Crippen molar-refractivity contribution >= 4 is 18.3 Å². The highest BCUT2D eigenvalue weighted by Crippen LogP contribution is 2.28. The highest BCUT2D eigenvalue weighted by atomic mass is 35.5. The average Bonchev–Trinajstić information content (AvgIpc) is 2.38. The Balaban J connectivity index is 0.00000180. The van der Waals surface area contributed by atoms with Crippen molar-refractivity contribution in [1.29, 1.82) is 0 Å². The quantitative estimate of drug-likeness (QED) is 0.876. The first-order valence-electron chi connectivity index (χ1n) is 6.36. The molecule has 106 valence electrons. The number of carbonyl (C=O) groups excluding carboxylic acids is 1. The summed E-state index contributed by atoms with van der Waals surface area (Å²) in [5.74, 6) is -0.372. The third-order valence-electron chi connectivity index (χ3n) is 3.57. The van der Waals surface area contributed by atoms with E-state index in [4.69, 9.17) is 0 Å². The molecule has 1 heterocycles. The third kappa shape index (κ3) is 3.45. The Labute approximate surface area is 119 Å². The molecule has 0 bridgehead atoms. The van der Waals surface area contributed by atoms with E-state index in [1.54, 1.807) is 6.92 Å². The SMILES string of the molecule is CNC(=O)c1c(C)cc(C2CCNCC2)cc1F.Cl. The molecule has 1 aliphatic rings. The van der Waals surface area contributed by atoms with Gasteiger partial charge in [-0.1, -0.05) is 6.07 Å². The van der Waals surface area contributed by atoms with Crippen LogP contribution in [0.2, 0.25) is 0 Å². The van der Waals surface area contributed by atoms with Crippen molar-refractivity contribution in [3.63, 3.8) is 0 Å². The van der Waals surface area contributed by atoms with E-state index in [0.29, 0.717) is 11.5 Å².